The highest BCUT2D eigenvalue weighted by Gasteiger charge is 2.31. The number of carbonyl (C=O) groups excluding carboxylic acids is 1. The molecule has 2 aromatic carbocycles. The number of rotatable bonds is 6. The van der Waals surface area contributed by atoms with Crippen LogP contribution in [-0.4, -0.2) is 51.4 Å². The van der Waals surface area contributed by atoms with Gasteiger partial charge in [0.15, 0.2) is 6.54 Å². The van der Waals surface area contributed by atoms with E-state index in [-0.39, 0.29) is 5.91 Å². The van der Waals surface area contributed by atoms with Crippen LogP contribution in [0.25, 0.3) is 0 Å². The zero-order chi connectivity index (χ0) is 21.1. The number of carbonyl (C=O) groups is 1. The first-order valence-corrected chi connectivity index (χ1v) is 12.1. The number of amides is 1. The Morgan fingerprint density at radius 3 is 2.57 bits per heavy atom. The van der Waals surface area contributed by atoms with Gasteiger partial charge in [0, 0.05) is 6.54 Å². The summed E-state index contributed by atoms with van der Waals surface area (Å²) in [4.78, 5) is 13.9. The predicted octanol–water partition coefficient (Wildman–Crippen LogP) is 0.689. The van der Waals surface area contributed by atoms with Crippen LogP contribution in [0.5, 0.6) is 0 Å². The molecule has 1 heterocycles. The van der Waals surface area contributed by atoms with Gasteiger partial charge in [0.1, 0.15) is 0 Å². The molecule has 0 saturated carbocycles. The minimum atomic E-state index is -3.47. The standard InChI is InChI=1S/C23H29N3O3S/c1-18-5-2-3-6-21(18)16-24-23(27)17-25-11-13-26(14-12-25)30(28,29)22-10-9-19-7-4-8-20(19)15-22/h2-3,5-6,9-10,15H,4,7-8,11-14,16-17H2,1H3,(H,24,27)/p+1. The molecule has 6 nitrogen and oxygen atoms in total. The van der Waals surface area contributed by atoms with Crippen molar-refractivity contribution in [1.29, 1.82) is 0 Å². The normalized spacial score (nSPS) is 17.6. The highest BCUT2D eigenvalue weighted by Crippen LogP contribution is 2.26. The van der Waals surface area contributed by atoms with Gasteiger partial charge in [-0.05, 0) is 60.6 Å². The molecule has 0 bridgehead atoms. The van der Waals surface area contributed by atoms with Crippen LogP contribution in [0.1, 0.15) is 28.7 Å². The van der Waals surface area contributed by atoms with Crippen molar-refractivity contribution < 1.29 is 18.1 Å². The van der Waals surface area contributed by atoms with Crippen LogP contribution in [0.3, 0.4) is 0 Å². The van der Waals surface area contributed by atoms with Crippen LogP contribution in [-0.2, 0) is 34.2 Å². The number of sulfonamides is 1. The number of nitrogens with one attached hydrogen (secondary N) is 2. The van der Waals surface area contributed by atoms with E-state index in [4.69, 9.17) is 0 Å². The van der Waals surface area contributed by atoms with Crippen LogP contribution < -0.4 is 10.2 Å². The van der Waals surface area contributed by atoms with Crippen molar-refractivity contribution in [3.63, 3.8) is 0 Å². The van der Waals surface area contributed by atoms with Gasteiger partial charge in [-0.1, -0.05) is 30.3 Å². The molecule has 1 fully saturated rings. The van der Waals surface area contributed by atoms with Gasteiger partial charge >= 0.3 is 0 Å². The van der Waals surface area contributed by atoms with Crippen LogP contribution in [0.15, 0.2) is 47.4 Å². The van der Waals surface area contributed by atoms with Crippen molar-refractivity contribution in [3.05, 3.63) is 64.7 Å². The third-order valence-electron chi connectivity index (χ3n) is 6.29. The Morgan fingerprint density at radius 1 is 1.07 bits per heavy atom. The van der Waals surface area contributed by atoms with Gasteiger partial charge in [-0.3, -0.25) is 4.79 Å². The molecule has 0 atom stereocenters. The fourth-order valence-electron chi connectivity index (χ4n) is 4.37. The molecule has 2 N–H and O–H groups in total. The molecule has 1 aliphatic heterocycles. The molecule has 2 aromatic rings. The van der Waals surface area contributed by atoms with E-state index in [9.17, 15) is 13.2 Å². The summed E-state index contributed by atoms with van der Waals surface area (Å²) in [5.41, 5.74) is 4.73. The predicted molar refractivity (Wildman–Crippen MR) is 116 cm³/mol. The molecule has 160 valence electrons. The molecule has 0 aromatic heterocycles. The van der Waals surface area contributed by atoms with Gasteiger partial charge in [-0.15, -0.1) is 0 Å². The van der Waals surface area contributed by atoms with E-state index < -0.39 is 10.0 Å². The van der Waals surface area contributed by atoms with E-state index >= 15 is 0 Å². The van der Waals surface area contributed by atoms with E-state index in [1.54, 1.807) is 10.4 Å². The fourth-order valence-corrected chi connectivity index (χ4v) is 5.86. The Kier molecular flexibility index (Phi) is 6.22. The lowest BCUT2D eigenvalue weighted by atomic mass is 10.1. The molecule has 1 aliphatic carbocycles. The van der Waals surface area contributed by atoms with E-state index in [1.807, 2.05) is 43.3 Å². The molecular formula is C23H30N3O3S+. The highest BCUT2D eigenvalue weighted by molar-refractivity contribution is 7.89. The molecule has 2 aliphatic rings. The number of fused-ring (bicyclic) bond motifs is 1. The van der Waals surface area contributed by atoms with Gasteiger partial charge in [-0.25, -0.2) is 8.42 Å². The number of hydrogen-bond donors (Lipinski definition) is 2. The summed E-state index contributed by atoms with van der Waals surface area (Å²) >= 11 is 0. The number of benzene rings is 2. The Morgan fingerprint density at radius 2 is 1.80 bits per heavy atom. The smallest absolute Gasteiger partial charge is 0.275 e. The summed E-state index contributed by atoms with van der Waals surface area (Å²) < 4.78 is 27.7. The first-order valence-electron chi connectivity index (χ1n) is 10.7. The lowest BCUT2D eigenvalue weighted by Gasteiger charge is -2.31. The molecular weight excluding hydrogens is 398 g/mol. The summed E-state index contributed by atoms with van der Waals surface area (Å²) in [7, 11) is -3.47. The SMILES string of the molecule is Cc1ccccc1CNC(=O)C[NH+]1CCN(S(=O)(=O)c2ccc3c(c2)CCC3)CC1. The maximum absolute atomic E-state index is 13.0. The lowest BCUT2D eigenvalue weighted by molar-refractivity contribution is -0.895. The molecule has 4 rings (SSSR count). The van der Waals surface area contributed by atoms with Gasteiger partial charge in [0.05, 0.1) is 31.1 Å². The zero-order valence-electron chi connectivity index (χ0n) is 17.5. The van der Waals surface area contributed by atoms with Crippen molar-refractivity contribution in [2.45, 2.75) is 37.6 Å². The molecule has 1 saturated heterocycles. The van der Waals surface area contributed by atoms with Crippen LogP contribution in [0.2, 0.25) is 0 Å². The summed E-state index contributed by atoms with van der Waals surface area (Å²) in [6, 6.07) is 13.6. The lowest BCUT2D eigenvalue weighted by Crippen LogP contribution is -3.15. The Hall–Kier alpha value is -2.22. The first kappa shape index (κ1) is 21.0. The number of quaternary nitrogens is 1. The topological polar surface area (TPSA) is 70.9 Å². The van der Waals surface area contributed by atoms with Gasteiger partial charge in [0.2, 0.25) is 10.0 Å². The molecule has 0 unspecified atom stereocenters. The molecule has 0 spiro atoms. The largest absolute Gasteiger partial charge is 0.347 e. The summed E-state index contributed by atoms with van der Waals surface area (Å²) in [5.74, 6) is 0.00295. The Bertz CT molecular complexity index is 1030. The van der Waals surface area contributed by atoms with Crippen molar-refractivity contribution in [2.24, 2.45) is 0 Å². The quantitative estimate of drug-likeness (QED) is 0.711. The molecule has 7 heteroatoms. The third kappa shape index (κ3) is 4.58. The Labute approximate surface area is 178 Å². The fraction of sp³-hybridized carbons (Fsp3) is 0.435. The summed E-state index contributed by atoms with van der Waals surface area (Å²) in [5, 5.41) is 2.99. The van der Waals surface area contributed by atoms with Crippen molar-refractivity contribution in [3.8, 4) is 0 Å². The molecule has 0 radical (unpaired) electrons. The van der Waals surface area contributed by atoms with Crippen molar-refractivity contribution in [1.82, 2.24) is 9.62 Å². The summed E-state index contributed by atoms with van der Waals surface area (Å²) in [6.07, 6.45) is 3.12. The summed E-state index contributed by atoms with van der Waals surface area (Å²) in [6.45, 7) is 5.10. The minimum Gasteiger partial charge on any atom is -0.347 e. The third-order valence-corrected chi connectivity index (χ3v) is 8.18. The second-order valence-electron chi connectivity index (χ2n) is 8.32. The highest BCUT2D eigenvalue weighted by atomic mass is 32.2. The van der Waals surface area contributed by atoms with Crippen LogP contribution >= 0.6 is 0 Å². The number of nitrogens with zero attached hydrogens (tertiary/aromatic N) is 1. The van der Waals surface area contributed by atoms with Crippen molar-refractivity contribution in [2.75, 3.05) is 32.7 Å². The van der Waals surface area contributed by atoms with E-state index in [0.717, 1.165) is 35.3 Å². The minimum absolute atomic E-state index is 0.00295. The Balaban J connectivity index is 1.29. The van der Waals surface area contributed by atoms with E-state index in [0.29, 0.717) is 44.2 Å². The van der Waals surface area contributed by atoms with Gasteiger partial charge < -0.3 is 10.2 Å². The second kappa shape index (κ2) is 8.88. The van der Waals surface area contributed by atoms with Gasteiger partial charge in [0.25, 0.3) is 5.91 Å². The average Bonchev–Trinajstić information content (AvgIpc) is 3.21. The molecule has 1 amide bonds. The first-order chi connectivity index (χ1) is 14.4. The van der Waals surface area contributed by atoms with E-state index in [2.05, 4.69) is 5.32 Å². The van der Waals surface area contributed by atoms with Crippen LogP contribution in [0.4, 0.5) is 0 Å². The molecule has 30 heavy (non-hydrogen) atoms. The number of aryl methyl sites for hydroxylation is 3. The number of hydrogen-bond acceptors (Lipinski definition) is 3. The maximum atomic E-state index is 13.0. The average molecular weight is 429 g/mol. The monoisotopic (exact) mass is 428 g/mol. The van der Waals surface area contributed by atoms with Crippen LogP contribution in [0, 0.1) is 6.92 Å². The zero-order valence-corrected chi connectivity index (χ0v) is 18.3. The second-order valence-corrected chi connectivity index (χ2v) is 10.3. The van der Waals surface area contributed by atoms with E-state index in [1.165, 1.54) is 11.1 Å². The van der Waals surface area contributed by atoms with Crippen molar-refractivity contribution >= 4 is 15.9 Å². The maximum Gasteiger partial charge on any atom is 0.275 e. The van der Waals surface area contributed by atoms with Gasteiger partial charge in [-0.2, -0.15) is 4.31 Å². The number of piperazine rings is 1.